The van der Waals surface area contributed by atoms with Crippen LogP contribution in [-0.2, 0) is 4.74 Å². The van der Waals surface area contributed by atoms with Crippen molar-refractivity contribution in [1.29, 1.82) is 0 Å². The molecule has 0 atom stereocenters. The van der Waals surface area contributed by atoms with Crippen molar-refractivity contribution in [1.82, 2.24) is 9.83 Å². The van der Waals surface area contributed by atoms with Gasteiger partial charge in [0.2, 0.25) is 5.78 Å². The van der Waals surface area contributed by atoms with Gasteiger partial charge in [-0.15, -0.1) is 0 Å². The number of ether oxygens (including phenoxy) is 1. The first-order valence-electron chi connectivity index (χ1n) is 9.92. The molecule has 1 amide bonds. The number of hydrogen-bond donors (Lipinski definition) is 1. The molecule has 1 aromatic carbocycles. The van der Waals surface area contributed by atoms with Gasteiger partial charge < -0.3 is 9.26 Å². The summed E-state index contributed by atoms with van der Waals surface area (Å²) in [6, 6.07) is 10.4. The Balaban J connectivity index is 1.72. The number of hydrogen-bond acceptors (Lipinski definition) is 6. The predicted octanol–water partition coefficient (Wildman–Crippen LogP) is 3.95. The summed E-state index contributed by atoms with van der Waals surface area (Å²) in [6.45, 7) is 8.46. The minimum Gasteiger partial charge on any atom is -0.454 e. The van der Waals surface area contributed by atoms with Crippen molar-refractivity contribution in [2.75, 3.05) is 12.0 Å². The molecule has 0 saturated heterocycles. The minimum absolute atomic E-state index is 0.0494. The number of aromatic nitrogens is 2. The highest BCUT2D eigenvalue weighted by Gasteiger charge is 2.25. The molecule has 2 heterocycles. The Morgan fingerprint density at radius 3 is 2.45 bits per heavy atom. The summed E-state index contributed by atoms with van der Waals surface area (Å²) in [6.07, 6.45) is 0. The fraction of sp³-hybridized carbons (Fsp3) is 0.304. The third-order valence-corrected chi connectivity index (χ3v) is 4.93. The van der Waals surface area contributed by atoms with Crippen molar-refractivity contribution in [2.24, 2.45) is 0 Å². The van der Waals surface area contributed by atoms with Gasteiger partial charge in [-0.3, -0.25) is 19.7 Å². The molecule has 0 spiro atoms. The second kappa shape index (κ2) is 8.99. The second-order valence-corrected chi connectivity index (χ2v) is 7.59. The Hall–Kier alpha value is -3.68. The molecule has 2 aromatic heterocycles. The number of nitrogens with one attached hydrogen (secondary N) is 1. The smallest absolute Gasteiger partial charge is 0.344 e. The summed E-state index contributed by atoms with van der Waals surface area (Å²) < 4.78 is 12.0. The maximum Gasteiger partial charge on any atom is 0.344 e. The number of esters is 1. The van der Waals surface area contributed by atoms with Gasteiger partial charge in [-0.05, 0) is 39.0 Å². The molecule has 8 heteroatoms. The van der Waals surface area contributed by atoms with Gasteiger partial charge in [0, 0.05) is 28.4 Å². The number of rotatable bonds is 7. The van der Waals surface area contributed by atoms with Crippen LogP contribution < -0.4 is 5.43 Å². The lowest BCUT2D eigenvalue weighted by molar-refractivity contribution is 0.0471. The van der Waals surface area contributed by atoms with Gasteiger partial charge in [0.1, 0.15) is 5.56 Å². The van der Waals surface area contributed by atoms with Crippen LogP contribution in [0.5, 0.6) is 0 Å². The second-order valence-electron chi connectivity index (χ2n) is 7.59. The van der Waals surface area contributed by atoms with Crippen molar-refractivity contribution in [3.05, 3.63) is 75.9 Å². The summed E-state index contributed by atoms with van der Waals surface area (Å²) in [5.41, 5.74) is 5.54. The Labute approximate surface area is 180 Å². The van der Waals surface area contributed by atoms with E-state index in [0.29, 0.717) is 34.0 Å². The summed E-state index contributed by atoms with van der Waals surface area (Å²) in [5.74, 6) is -0.941. The van der Waals surface area contributed by atoms with E-state index in [-0.39, 0.29) is 23.2 Å². The number of carbonyl (C=O) groups excluding carboxylic acids is 3. The van der Waals surface area contributed by atoms with Gasteiger partial charge in [-0.2, -0.15) is 0 Å². The number of aryl methyl sites for hydroxylation is 2. The number of nitrogens with zero attached hydrogens (tertiary/aromatic N) is 2. The van der Waals surface area contributed by atoms with Crippen LogP contribution in [0.15, 0.2) is 40.9 Å². The van der Waals surface area contributed by atoms with Crippen molar-refractivity contribution >= 4 is 17.7 Å². The lowest BCUT2D eigenvalue weighted by Gasteiger charge is -2.12. The minimum atomic E-state index is -0.651. The SMILES string of the molecule is Cc1noc(C(C)C)c1C(=O)OCC(=O)c1cc(C)n(NC(=O)c2ccccc2)c1C. The molecule has 3 rings (SSSR count). The van der Waals surface area contributed by atoms with E-state index in [1.807, 2.05) is 19.9 Å². The highest BCUT2D eigenvalue weighted by molar-refractivity contribution is 6.02. The third-order valence-electron chi connectivity index (χ3n) is 4.93. The molecule has 0 bridgehead atoms. The van der Waals surface area contributed by atoms with Crippen LogP contribution in [0.25, 0.3) is 0 Å². The summed E-state index contributed by atoms with van der Waals surface area (Å²) in [5, 5.41) is 3.82. The highest BCUT2D eigenvalue weighted by atomic mass is 16.5. The maximum atomic E-state index is 12.7. The molecule has 0 saturated carbocycles. The third kappa shape index (κ3) is 4.58. The molecule has 1 N–H and O–H groups in total. The Kier molecular flexibility index (Phi) is 6.39. The van der Waals surface area contributed by atoms with Crippen LogP contribution in [0.1, 0.15) is 73.7 Å². The van der Waals surface area contributed by atoms with Crippen molar-refractivity contribution in [2.45, 2.75) is 40.5 Å². The fourth-order valence-electron chi connectivity index (χ4n) is 3.28. The van der Waals surface area contributed by atoms with Crippen molar-refractivity contribution in [3.63, 3.8) is 0 Å². The predicted molar refractivity (Wildman–Crippen MR) is 114 cm³/mol. The van der Waals surface area contributed by atoms with Crippen LogP contribution in [0.3, 0.4) is 0 Å². The first-order valence-corrected chi connectivity index (χ1v) is 9.92. The molecule has 8 nitrogen and oxygen atoms in total. The number of amides is 1. The van der Waals surface area contributed by atoms with Gasteiger partial charge in [0.05, 0.1) is 5.69 Å². The molecular weight excluding hydrogens is 398 g/mol. The Bertz CT molecular complexity index is 1130. The average molecular weight is 423 g/mol. The average Bonchev–Trinajstić information content (AvgIpc) is 3.27. The van der Waals surface area contributed by atoms with E-state index >= 15 is 0 Å². The maximum absolute atomic E-state index is 12.7. The number of ketones is 1. The molecule has 31 heavy (non-hydrogen) atoms. The monoisotopic (exact) mass is 423 g/mol. The van der Waals surface area contributed by atoms with Crippen molar-refractivity contribution < 1.29 is 23.6 Å². The summed E-state index contributed by atoms with van der Waals surface area (Å²) in [7, 11) is 0. The lowest BCUT2D eigenvalue weighted by atomic mass is 10.1. The van der Waals surface area contributed by atoms with Crippen molar-refractivity contribution in [3.8, 4) is 0 Å². The first kappa shape index (κ1) is 22.0. The largest absolute Gasteiger partial charge is 0.454 e. The quantitative estimate of drug-likeness (QED) is 0.456. The molecule has 162 valence electrons. The fourth-order valence-corrected chi connectivity index (χ4v) is 3.28. The van der Waals surface area contributed by atoms with E-state index in [1.165, 1.54) is 0 Å². The Morgan fingerprint density at radius 2 is 1.81 bits per heavy atom. The van der Waals surface area contributed by atoms with E-state index in [0.717, 1.165) is 0 Å². The summed E-state index contributed by atoms with van der Waals surface area (Å²) in [4.78, 5) is 37.7. The molecule has 0 aliphatic rings. The van der Waals surface area contributed by atoms with E-state index < -0.39 is 12.6 Å². The topological polar surface area (TPSA) is 103 Å². The Morgan fingerprint density at radius 1 is 1.13 bits per heavy atom. The standard InChI is InChI=1S/C23H25N3O5/c1-13(2)21-20(15(4)25-31-21)23(29)30-12-19(27)18-11-14(3)26(16(18)5)24-22(28)17-9-7-6-8-10-17/h6-11,13H,12H2,1-5H3,(H,24,28). The van der Waals surface area contributed by atoms with E-state index in [4.69, 9.17) is 9.26 Å². The van der Waals surface area contributed by atoms with E-state index in [9.17, 15) is 14.4 Å². The molecule has 3 aromatic rings. The summed E-state index contributed by atoms with van der Waals surface area (Å²) >= 11 is 0. The van der Waals surface area contributed by atoms with E-state index in [2.05, 4.69) is 10.6 Å². The first-order chi connectivity index (χ1) is 14.7. The van der Waals surface area contributed by atoms with Crippen LogP contribution in [0.4, 0.5) is 0 Å². The van der Waals surface area contributed by atoms with Crippen LogP contribution in [-0.4, -0.2) is 34.1 Å². The molecule has 0 aliphatic carbocycles. The number of benzene rings is 1. The molecular formula is C23H25N3O5. The van der Waals surface area contributed by atoms with Gasteiger partial charge in [0.25, 0.3) is 5.91 Å². The molecule has 0 unspecified atom stereocenters. The van der Waals surface area contributed by atoms with Gasteiger partial charge in [-0.25, -0.2) is 4.79 Å². The van der Waals surface area contributed by atoms with Crippen LogP contribution in [0.2, 0.25) is 0 Å². The van der Waals surface area contributed by atoms with Gasteiger partial charge in [0.15, 0.2) is 12.4 Å². The molecule has 0 aliphatic heterocycles. The molecule has 0 fully saturated rings. The molecule has 0 radical (unpaired) electrons. The zero-order valence-electron chi connectivity index (χ0n) is 18.2. The van der Waals surface area contributed by atoms with E-state index in [1.54, 1.807) is 55.8 Å². The highest BCUT2D eigenvalue weighted by Crippen LogP contribution is 2.23. The van der Waals surface area contributed by atoms with Crippen LogP contribution >= 0.6 is 0 Å². The zero-order valence-corrected chi connectivity index (χ0v) is 18.2. The lowest BCUT2D eigenvalue weighted by Crippen LogP contribution is -2.25. The number of carbonyl (C=O) groups is 3. The van der Waals surface area contributed by atoms with Crippen LogP contribution in [0, 0.1) is 20.8 Å². The normalized spacial score (nSPS) is 10.9. The van der Waals surface area contributed by atoms with Gasteiger partial charge in [-0.1, -0.05) is 37.2 Å². The zero-order chi connectivity index (χ0) is 22.7. The number of Topliss-reactive ketones (excluding diaryl/α,β-unsaturated/α-hetero) is 1. The van der Waals surface area contributed by atoms with Gasteiger partial charge >= 0.3 is 5.97 Å².